The van der Waals surface area contributed by atoms with Crippen LogP contribution in [0.3, 0.4) is 0 Å². The second-order valence-corrected chi connectivity index (χ2v) is 3.84. The van der Waals surface area contributed by atoms with Crippen molar-refractivity contribution in [3.63, 3.8) is 0 Å². The molecule has 9 nitrogen and oxygen atoms in total. The average molecular weight is 268 g/mol. The van der Waals surface area contributed by atoms with Gasteiger partial charge in [-0.3, -0.25) is 0 Å². The predicted octanol–water partition coefficient (Wildman–Crippen LogP) is -3.75. The van der Waals surface area contributed by atoms with Gasteiger partial charge < -0.3 is 40.1 Å². The highest BCUT2D eigenvalue weighted by Crippen LogP contribution is 2.22. The van der Waals surface area contributed by atoms with E-state index in [0.717, 1.165) is 0 Å². The molecule has 18 heavy (non-hydrogen) atoms. The first-order valence-electron chi connectivity index (χ1n) is 5.22. The van der Waals surface area contributed by atoms with Crippen molar-refractivity contribution in [2.24, 2.45) is 0 Å². The van der Waals surface area contributed by atoms with E-state index in [9.17, 15) is 20.1 Å². The van der Waals surface area contributed by atoms with E-state index >= 15 is 0 Å². The van der Waals surface area contributed by atoms with Gasteiger partial charge in [0.1, 0.15) is 24.4 Å². The Morgan fingerprint density at radius 1 is 1.17 bits per heavy atom. The summed E-state index contributed by atoms with van der Waals surface area (Å²) >= 11 is 0. The second kappa shape index (κ2) is 6.38. The van der Waals surface area contributed by atoms with Crippen molar-refractivity contribution in [3.05, 3.63) is 0 Å². The summed E-state index contributed by atoms with van der Waals surface area (Å²) in [5.74, 6) is -1.48. The number of rotatable bonds is 5. The van der Waals surface area contributed by atoms with Crippen LogP contribution in [0.4, 0.5) is 0 Å². The van der Waals surface area contributed by atoms with Gasteiger partial charge in [-0.05, 0) is 0 Å². The monoisotopic (exact) mass is 268 g/mol. The fourth-order valence-corrected chi connectivity index (χ4v) is 1.52. The molecular formula is C9H16O9. The summed E-state index contributed by atoms with van der Waals surface area (Å²) in [7, 11) is 0. The van der Waals surface area contributed by atoms with Crippen molar-refractivity contribution in [2.75, 3.05) is 13.2 Å². The Balaban J connectivity index is 2.72. The molecule has 6 atom stereocenters. The summed E-state index contributed by atoms with van der Waals surface area (Å²) in [6.07, 6.45) is -9.32. The van der Waals surface area contributed by atoms with Crippen LogP contribution in [0.15, 0.2) is 0 Å². The first-order valence-corrected chi connectivity index (χ1v) is 5.22. The number of aliphatic carboxylic acids is 1. The number of aliphatic hydroxyl groups excluding tert-OH is 5. The largest absolute Gasteiger partial charge is 0.479 e. The highest BCUT2D eigenvalue weighted by atomic mass is 16.7. The lowest BCUT2D eigenvalue weighted by Crippen LogP contribution is -2.60. The molecule has 1 aliphatic rings. The molecule has 1 rings (SSSR count). The summed E-state index contributed by atoms with van der Waals surface area (Å²) < 4.78 is 9.67. The van der Waals surface area contributed by atoms with Gasteiger partial charge in [-0.15, -0.1) is 0 Å². The molecule has 0 bridgehead atoms. The van der Waals surface area contributed by atoms with E-state index in [2.05, 4.69) is 0 Å². The van der Waals surface area contributed by atoms with Gasteiger partial charge in [0.05, 0.1) is 13.2 Å². The fraction of sp³-hybridized carbons (Fsp3) is 0.889. The van der Waals surface area contributed by atoms with Crippen LogP contribution in [-0.4, -0.2) is 86.6 Å². The van der Waals surface area contributed by atoms with Gasteiger partial charge in [0.2, 0.25) is 0 Å². The Labute approximate surface area is 102 Å². The van der Waals surface area contributed by atoms with Gasteiger partial charge in [0.25, 0.3) is 0 Å². The third-order valence-corrected chi connectivity index (χ3v) is 2.59. The summed E-state index contributed by atoms with van der Waals surface area (Å²) in [6.45, 7) is -1.51. The Kier molecular flexibility index (Phi) is 5.41. The molecule has 1 aliphatic heterocycles. The number of carbonyl (C=O) groups is 1. The van der Waals surface area contributed by atoms with Gasteiger partial charge >= 0.3 is 5.97 Å². The number of ether oxygens (including phenoxy) is 2. The van der Waals surface area contributed by atoms with Gasteiger partial charge in [0.15, 0.2) is 12.4 Å². The molecule has 6 N–H and O–H groups in total. The van der Waals surface area contributed by atoms with Crippen molar-refractivity contribution in [1.29, 1.82) is 0 Å². The highest BCUT2D eigenvalue weighted by molar-refractivity contribution is 5.72. The van der Waals surface area contributed by atoms with Crippen LogP contribution in [0, 0.1) is 0 Å². The van der Waals surface area contributed by atoms with E-state index in [1.54, 1.807) is 0 Å². The normalized spacial score (nSPS) is 38.4. The molecule has 9 heteroatoms. The van der Waals surface area contributed by atoms with E-state index < -0.39 is 56.0 Å². The molecule has 0 aromatic heterocycles. The molecule has 0 amide bonds. The number of aliphatic hydroxyl groups is 5. The first kappa shape index (κ1) is 15.2. The van der Waals surface area contributed by atoms with E-state index in [4.69, 9.17) is 24.8 Å². The zero-order valence-electron chi connectivity index (χ0n) is 9.29. The van der Waals surface area contributed by atoms with Crippen LogP contribution in [0.1, 0.15) is 0 Å². The second-order valence-electron chi connectivity index (χ2n) is 3.84. The van der Waals surface area contributed by atoms with Crippen molar-refractivity contribution >= 4 is 5.97 Å². The summed E-state index contributed by atoms with van der Waals surface area (Å²) in [4.78, 5) is 10.6. The van der Waals surface area contributed by atoms with Crippen LogP contribution in [-0.2, 0) is 14.3 Å². The molecule has 2 unspecified atom stereocenters. The first-order chi connectivity index (χ1) is 8.42. The number of carboxylic acids is 1. The molecule has 0 aromatic carbocycles. The molecule has 0 spiro atoms. The molecule has 106 valence electrons. The molecule has 0 radical (unpaired) electrons. The van der Waals surface area contributed by atoms with Gasteiger partial charge in [0, 0.05) is 0 Å². The summed E-state index contributed by atoms with van der Waals surface area (Å²) in [6, 6.07) is 0. The lowest BCUT2D eigenvalue weighted by molar-refractivity contribution is -0.311. The van der Waals surface area contributed by atoms with E-state index in [1.807, 2.05) is 0 Å². The molecule has 1 heterocycles. The standard InChI is InChI=1S/C9H16O9/c10-1-3-5(12)6(13)7(14)9(17-3)18-4(2-11)8(15)16/h3-7,9-14H,1-2H2,(H,15,16)/t3?,4-,5-,6-,7?,9-/m0/s1. The maximum absolute atomic E-state index is 10.6. The maximum atomic E-state index is 10.6. The predicted molar refractivity (Wildman–Crippen MR) is 53.4 cm³/mol. The number of hydrogen-bond acceptors (Lipinski definition) is 8. The molecular weight excluding hydrogens is 252 g/mol. The van der Waals surface area contributed by atoms with Crippen LogP contribution in [0.25, 0.3) is 0 Å². The lowest BCUT2D eigenvalue weighted by atomic mass is 9.99. The van der Waals surface area contributed by atoms with Crippen LogP contribution >= 0.6 is 0 Å². The fourth-order valence-electron chi connectivity index (χ4n) is 1.52. The van der Waals surface area contributed by atoms with Gasteiger partial charge in [-0.1, -0.05) is 0 Å². The molecule has 1 fully saturated rings. The third-order valence-electron chi connectivity index (χ3n) is 2.59. The van der Waals surface area contributed by atoms with Crippen molar-refractivity contribution < 1.29 is 44.9 Å². The SMILES string of the molecule is O=C(O)[C@H](CO)O[C@@H]1OC(CO)[C@H](O)[C@H](O)C1O. The number of hydrogen-bond donors (Lipinski definition) is 6. The van der Waals surface area contributed by atoms with Crippen LogP contribution in [0.2, 0.25) is 0 Å². The summed E-state index contributed by atoms with van der Waals surface area (Å²) in [5, 5.41) is 54.7. The highest BCUT2D eigenvalue weighted by Gasteiger charge is 2.45. The Hall–Kier alpha value is -0.810. The van der Waals surface area contributed by atoms with Crippen LogP contribution in [0.5, 0.6) is 0 Å². The maximum Gasteiger partial charge on any atom is 0.335 e. The Morgan fingerprint density at radius 3 is 2.22 bits per heavy atom. The minimum Gasteiger partial charge on any atom is -0.479 e. The lowest BCUT2D eigenvalue weighted by Gasteiger charge is -2.40. The zero-order chi connectivity index (χ0) is 13.9. The topological polar surface area (TPSA) is 157 Å². The van der Waals surface area contributed by atoms with Crippen molar-refractivity contribution in [3.8, 4) is 0 Å². The van der Waals surface area contributed by atoms with Crippen molar-refractivity contribution in [2.45, 2.75) is 36.8 Å². The molecule has 0 aromatic rings. The Bertz CT molecular complexity index is 281. The zero-order valence-corrected chi connectivity index (χ0v) is 9.29. The van der Waals surface area contributed by atoms with E-state index in [0.29, 0.717) is 0 Å². The van der Waals surface area contributed by atoms with Gasteiger partial charge in [-0.25, -0.2) is 4.79 Å². The minimum atomic E-state index is -1.70. The number of carboxylic acid groups (broad SMARTS) is 1. The molecule has 1 saturated heterocycles. The third kappa shape index (κ3) is 3.14. The Morgan fingerprint density at radius 2 is 1.78 bits per heavy atom. The van der Waals surface area contributed by atoms with Crippen LogP contribution < -0.4 is 0 Å². The average Bonchev–Trinajstić information content (AvgIpc) is 2.35. The molecule has 0 saturated carbocycles. The smallest absolute Gasteiger partial charge is 0.335 e. The van der Waals surface area contributed by atoms with Crippen molar-refractivity contribution in [1.82, 2.24) is 0 Å². The summed E-state index contributed by atoms with van der Waals surface area (Å²) in [5.41, 5.74) is 0. The van der Waals surface area contributed by atoms with E-state index in [-0.39, 0.29) is 0 Å². The quantitative estimate of drug-likeness (QED) is 0.294. The van der Waals surface area contributed by atoms with Gasteiger partial charge in [-0.2, -0.15) is 0 Å². The minimum absolute atomic E-state index is 0.651. The van der Waals surface area contributed by atoms with E-state index in [1.165, 1.54) is 0 Å². The molecule has 0 aliphatic carbocycles.